The third kappa shape index (κ3) is 3.04. The van der Waals surface area contributed by atoms with Gasteiger partial charge < -0.3 is 15.5 Å². The lowest BCUT2D eigenvalue weighted by Gasteiger charge is -2.35. The van der Waals surface area contributed by atoms with Crippen LogP contribution in [0.25, 0.3) is 0 Å². The molecule has 1 unspecified atom stereocenters. The number of carbonyl (C=O) groups excluding carboxylic acids is 1. The van der Waals surface area contributed by atoms with Crippen LogP contribution in [-0.2, 0) is 4.79 Å². The van der Waals surface area contributed by atoms with Crippen LogP contribution in [0.2, 0.25) is 0 Å². The molecule has 1 amide bonds. The van der Waals surface area contributed by atoms with Gasteiger partial charge >= 0.3 is 0 Å². The van der Waals surface area contributed by atoms with Crippen molar-refractivity contribution in [2.24, 2.45) is 5.73 Å². The zero-order chi connectivity index (χ0) is 14.0. The number of nitrogens with zero attached hydrogens (tertiary/aromatic N) is 3. The second-order valence-corrected chi connectivity index (χ2v) is 5.18. The Balaban J connectivity index is 2.08. The average Bonchev–Trinajstić information content (AvgIpc) is 2.38. The second-order valence-electron chi connectivity index (χ2n) is 5.18. The van der Waals surface area contributed by atoms with E-state index in [4.69, 9.17) is 5.73 Å². The van der Waals surface area contributed by atoms with Crippen molar-refractivity contribution in [1.82, 2.24) is 9.88 Å². The molecule has 1 aromatic rings. The minimum absolute atomic E-state index is 0.0103. The van der Waals surface area contributed by atoms with Crippen molar-refractivity contribution < 1.29 is 4.79 Å². The van der Waals surface area contributed by atoms with Crippen LogP contribution in [0.1, 0.15) is 31.0 Å². The Morgan fingerprint density at radius 2 is 2.00 bits per heavy atom. The van der Waals surface area contributed by atoms with Crippen LogP contribution >= 0.6 is 0 Å². The monoisotopic (exact) mass is 262 g/mol. The standard InChI is InChI=1S/C14H22N4O/c1-10-8-14(16-9-13(10)11(2)15)18-6-4-17(5-7-18)12(3)19/h8-9,11H,4-7,15H2,1-3H3. The molecule has 5 heteroatoms. The highest BCUT2D eigenvalue weighted by Crippen LogP contribution is 2.20. The normalized spacial score (nSPS) is 17.5. The van der Waals surface area contributed by atoms with E-state index in [2.05, 4.69) is 22.9 Å². The predicted octanol–water partition coefficient (Wildman–Crippen LogP) is 1.08. The third-order valence-electron chi connectivity index (χ3n) is 3.68. The number of carbonyl (C=O) groups is 1. The van der Waals surface area contributed by atoms with Gasteiger partial charge in [-0.1, -0.05) is 0 Å². The molecule has 0 aliphatic carbocycles. The van der Waals surface area contributed by atoms with Crippen molar-refractivity contribution >= 4 is 11.7 Å². The van der Waals surface area contributed by atoms with Crippen LogP contribution in [0.5, 0.6) is 0 Å². The topological polar surface area (TPSA) is 62.5 Å². The molecule has 2 N–H and O–H groups in total. The zero-order valence-corrected chi connectivity index (χ0v) is 11.9. The first-order valence-corrected chi connectivity index (χ1v) is 6.71. The number of aromatic nitrogens is 1. The highest BCUT2D eigenvalue weighted by atomic mass is 16.2. The Labute approximate surface area is 114 Å². The summed E-state index contributed by atoms with van der Waals surface area (Å²) in [6, 6.07) is 2.10. The van der Waals surface area contributed by atoms with Crippen LogP contribution in [0.3, 0.4) is 0 Å². The van der Waals surface area contributed by atoms with Gasteiger partial charge in [-0.15, -0.1) is 0 Å². The molecule has 0 aromatic carbocycles. The van der Waals surface area contributed by atoms with Crippen LogP contribution < -0.4 is 10.6 Å². The summed E-state index contributed by atoms with van der Waals surface area (Å²) in [5.41, 5.74) is 8.16. The molecule has 1 atom stereocenters. The van der Waals surface area contributed by atoms with Gasteiger partial charge in [0.05, 0.1) is 0 Å². The molecule has 104 valence electrons. The molecule has 1 aliphatic rings. The van der Waals surface area contributed by atoms with Crippen molar-refractivity contribution in [3.8, 4) is 0 Å². The predicted molar refractivity (Wildman–Crippen MR) is 76.0 cm³/mol. The molecule has 0 spiro atoms. The maximum Gasteiger partial charge on any atom is 0.219 e. The Bertz CT molecular complexity index is 465. The zero-order valence-electron chi connectivity index (χ0n) is 11.9. The van der Waals surface area contributed by atoms with Crippen molar-refractivity contribution in [1.29, 1.82) is 0 Å². The molecular formula is C14H22N4O. The first-order valence-electron chi connectivity index (χ1n) is 6.71. The lowest BCUT2D eigenvalue weighted by atomic mass is 10.1. The number of piperazine rings is 1. The summed E-state index contributed by atoms with van der Waals surface area (Å²) in [7, 11) is 0. The Kier molecular flexibility index (Phi) is 4.04. The van der Waals surface area contributed by atoms with E-state index in [9.17, 15) is 4.79 Å². The van der Waals surface area contributed by atoms with E-state index < -0.39 is 0 Å². The lowest BCUT2D eigenvalue weighted by Crippen LogP contribution is -2.48. The molecule has 2 rings (SSSR count). The molecule has 0 radical (unpaired) electrons. The molecule has 1 fully saturated rings. The Morgan fingerprint density at radius 3 is 2.47 bits per heavy atom. The molecule has 0 saturated carbocycles. The van der Waals surface area contributed by atoms with Gasteiger partial charge in [-0.25, -0.2) is 4.98 Å². The summed E-state index contributed by atoms with van der Waals surface area (Å²) in [5.74, 6) is 1.13. The summed E-state index contributed by atoms with van der Waals surface area (Å²) >= 11 is 0. The van der Waals surface area contributed by atoms with Crippen molar-refractivity contribution in [3.63, 3.8) is 0 Å². The van der Waals surface area contributed by atoms with E-state index in [1.165, 1.54) is 5.56 Å². The first-order chi connectivity index (χ1) is 8.99. The summed E-state index contributed by atoms with van der Waals surface area (Å²) in [5, 5.41) is 0. The molecule has 0 bridgehead atoms. The Morgan fingerprint density at radius 1 is 1.37 bits per heavy atom. The highest BCUT2D eigenvalue weighted by Gasteiger charge is 2.20. The smallest absolute Gasteiger partial charge is 0.219 e. The van der Waals surface area contributed by atoms with Gasteiger partial charge in [0.1, 0.15) is 5.82 Å². The molecule has 19 heavy (non-hydrogen) atoms. The maximum atomic E-state index is 11.3. The van der Waals surface area contributed by atoms with Gasteiger partial charge in [-0.2, -0.15) is 0 Å². The largest absolute Gasteiger partial charge is 0.353 e. The van der Waals surface area contributed by atoms with Crippen LogP contribution in [0, 0.1) is 6.92 Å². The summed E-state index contributed by atoms with van der Waals surface area (Å²) < 4.78 is 0. The number of hydrogen-bond donors (Lipinski definition) is 1. The van der Waals surface area contributed by atoms with E-state index in [0.717, 1.165) is 37.6 Å². The number of amides is 1. The minimum atomic E-state index is 0.0103. The second kappa shape index (κ2) is 5.57. The van der Waals surface area contributed by atoms with Crippen molar-refractivity contribution in [2.45, 2.75) is 26.8 Å². The molecule has 5 nitrogen and oxygen atoms in total. The van der Waals surface area contributed by atoms with Crippen molar-refractivity contribution in [3.05, 3.63) is 23.4 Å². The number of pyridine rings is 1. The number of anilines is 1. The maximum absolute atomic E-state index is 11.3. The van der Waals surface area contributed by atoms with Crippen molar-refractivity contribution in [2.75, 3.05) is 31.1 Å². The number of nitrogens with two attached hydrogens (primary N) is 1. The van der Waals surface area contributed by atoms with E-state index in [1.54, 1.807) is 6.92 Å². The molecule has 1 aliphatic heterocycles. The van der Waals surface area contributed by atoms with Gasteiger partial charge in [-0.05, 0) is 31.0 Å². The van der Waals surface area contributed by atoms with Gasteiger partial charge in [0.15, 0.2) is 0 Å². The number of aryl methyl sites for hydroxylation is 1. The SMILES string of the molecule is CC(=O)N1CCN(c2cc(C)c(C(C)N)cn2)CC1. The fourth-order valence-electron chi connectivity index (χ4n) is 2.45. The quantitative estimate of drug-likeness (QED) is 0.866. The highest BCUT2D eigenvalue weighted by molar-refractivity contribution is 5.73. The molecule has 2 heterocycles. The van der Waals surface area contributed by atoms with E-state index in [-0.39, 0.29) is 11.9 Å². The fraction of sp³-hybridized carbons (Fsp3) is 0.571. The summed E-state index contributed by atoms with van der Waals surface area (Å²) in [4.78, 5) is 19.9. The van der Waals surface area contributed by atoms with Gasteiger partial charge in [-0.3, -0.25) is 4.79 Å². The summed E-state index contributed by atoms with van der Waals surface area (Å²) in [6.45, 7) is 8.86. The number of hydrogen-bond acceptors (Lipinski definition) is 4. The van der Waals surface area contributed by atoms with Gasteiger partial charge in [0, 0.05) is 45.3 Å². The van der Waals surface area contributed by atoms with Crippen LogP contribution in [0.15, 0.2) is 12.3 Å². The van der Waals surface area contributed by atoms with Crippen LogP contribution in [0.4, 0.5) is 5.82 Å². The van der Waals surface area contributed by atoms with E-state index in [0.29, 0.717) is 0 Å². The Hall–Kier alpha value is -1.62. The average molecular weight is 262 g/mol. The molecule has 1 aromatic heterocycles. The lowest BCUT2D eigenvalue weighted by molar-refractivity contribution is -0.129. The number of rotatable bonds is 2. The van der Waals surface area contributed by atoms with E-state index in [1.807, 2.05) is 18.0 Å². The molecular weight excluding hydrogens is 240 g/mol. The van der Waals surface area contributed by atoms with E-state index >= 15 is 0 Å². The third-order valence-corrected chi connectivity index (χ3v) is 3.68. The molecule has 1 saturated heterocycles. The van der Waals surface area contributed by atoms with Gasteiger partial charge in [0.2, 0.25) is 5.91 Å². The van der Waals surface area contributed by atoms with Gasteiger partial charge in [0.25, 0.3) is 0 Å². The fourth-order valence-corrected chi connectivity index (χ4v) is 2.45. The first kappa shape index (κ1) is 13.8. The summed E-state index contributed by atoms with van der Waals surface area (Å²) in [6.07, 6.45) is 1.87. The van der Waals surface area contributed by atoms with Crippen LogP contribution in [-0.4, -0.2) is 42.0 Å². The minimum Gasteiger partial charge on any atom is -0.353 e.